The van der Waals surface area contributed by atoms with Gasteiger partial charge in [-0.1, -0.05) is 0 Å². The van der Waals surface area contributed by atoms with E-state index in [2.05, 4.69) is 6.58 Å². The van der Waals surface area contributed by atoms with Crippen molar-refractivity contribution in [2.75, 3.05) is 0 Å². The van der Waals surface area contributed by atoms with Crippen LogP contribution in [0.1, 0.15) is 1.43 Å². The maximum atomic E-state index is 9.63. The molecule has 7 heavy (non-hydrogen) atoms. The second-order valence-corrected chi connectivity index (χ2v) is 2.85. The standard InChI is InChI=1S/C3H3O2.Na.Po.2H/c1-2-3(4)5;;;;/h1H2,(H,4,5);;;;/q;+1;;;-1. The van der Waals surface area contributed by atoms with Crippen LogP contribution in [0.2, 0.25) is 0 Å². The van der Waals surface area contributed by atoms with E-state index in [1.54, 1.807) is 0 Å². The van der Waals surface area contributed by atoms with Gasteiger partial charge in [-0.2, -0.15) is 0 Å². The molecular weight excluding hydrogens is 300 g/mol. The van der Waals surface area contributed by atoms with Crippen LogP contribution >= 0.6 is 0 Å². The number of carboxylic acid groups (broad SMARTS) is 1. The first-order chi connectivity index (χ1) is 2.64. The predicted molar refractivity (Wildman–Crippen MR) is 25.0 cm³/mol. The minimum atomic E-state index is -0.886. The topological polar surface area (TPSA) is 37.3 Å². The molecule has 0 fully saturated rings. The quantitative estimate of drug-likeness (QED) is 0.405. The summed E-state index contributed by atoms with van der Waals surface area (Å²) in [6.45, 7) is 3.20. The molecule has 0 spiro atoms. The molecule has 0 radical (unpaired) electrons. The van der Waals surface area contributed by atoms with Gasteiger partial charge in [0.2, 0.25) is 0 Å². The monoisotopic (exact) mass is 305 g/mol. The molecule has 0 aromatic heterocycles. The number of carbonyl (C=O) groups is 1. The summed E-state index contributed by atoms with van der Waals surface area (Å²) in [7, 11) is 0. The van der Waals surface area contributed by atoms with E-state index in [0.29, 0.717) is 0 Å². The summed E-state index contributed by atoms with van der Waals surface area (Å²) in [6.07, 6.45) is 0. The Bertz CT molecular complexity index is 83.3. The van der Waals surface area contributed by atoms with Gasteiger partial charge in [-0.15, -0.1) is 0 Å². The van der Waals surface area contributed by atoms with E-state index in [4.69, 9.17) is 5.11 Å². The van der Waals surface area contributed by atoms with Crippen molar-refractivity contribution in [3.05, 3.63) is 9.81 Å². The van der Waals surface area contributed by atoms with Crippen LogP contribution in [0, 0.1) is 0 Å². The van der Waals surface area contributed by atoms with Crippen LogP contribution in [-0.4, -0.2) is 36.1 Å². The van der Waals surface area contributed by atoms with E-state index in [9.17, 15) is 4.79 Å². The van der Waals surface area contributed by atoms with Crippen molar-refractivity contribution in [1.82, 2.24) is 0 Å². The average molecular weight is 305 g/mol. The van der Waals surface area contributed by atoms with E-state index in [-0.39, 0.29) is 34.2 Å². The Morgan fingerprint density at radius 1 is 1.86 bits per heavy atom. The largest absolute Gasteiger partial charge is 1.00 e. The fourth-order valence-electron chi connectivity index (χ4n) is 0. The maximum Gasteiger partial charge on any atom is 1.00 e. The normalized spacial score (nSPS) is 6.43. The molecule has 0 heterocycles. The minimum Gasteiger partial charge on any atom is -1.00 e. The fourth-order valence-corrected chi connectivity index (χ4v) is 0. The Balaban J connectivity index is -0.000000125. The summed E-state index contributed by atoms with van der Waals surface area (Å²) in [6, 6.07) is 0. The molecule has 0 aromatic carbocycles. The van der Waals surface area contributed by atoms with Crippen molar-refractivity contribution in [2.24, 2.45) is 0 Å². The van der Waals surface area contributed by atoms with Crippen LogP contribution in [0.5, 0.6) is 0 Å². The van der Waals surface area contributed by atoms with Gasteiger partial charge in [0.25, 0.3) is 0 Å². The average Bonchev–Trinajstić information content (AvgIpc) is 1.36. The molecule has 0 aliphatic heterocycles. The summed E-state index contributed by atoms with van der Waals surface area (Å²) in [5, 5.41) is 7.92. The van der Waals surface area contributed by atoms with Crippen molar-refractivity contribution in [2.45, 2.75) is 0 Å². The molecule has 0 unspecified atom stereocenters. The molecule has 36 valence electrons. The van der Waals surface area contributed by atoms with Crippen LogP contribution in [0.15, 0.2) is 9.81 Å². The summed E-state index contributed by atoms with van der Waals surface area (Å²) in [5.41, 5.74) is 0. The van der Waals surface area contributed by atoms with Gasteiger partial charge in [0.05, 0.1) is 0 Å². The Morgan fingerprint density at radius 3 is 2.00 bits per heavy atom. The van der Waals surface area contributed by atoms with Crippen molar-refractivity contribution in [3.63, 3.8) is 0 Å². The van der Waals surface area contributed by atoms with Gasteiger partial charge >= 0.3 is 80.3 Å². The van der Waals surface area contributed by atoms with E-state index >= 15 is 0 Å². The van der Waals surface area contributed by atoms with Crippen LogP contribution in [0.3, 0.4) is 0 Å². The molecule has 0 saturated heterocycles. The third-order valence-electron chi connectivity index (χ3n) is 0.247. The zero-order chi connectivity index (χ0) is 5.15. The second kappa shape index (κ2) is 5.25. The summed E-state index contributed by atoms with van der Waals surface area (Å²) in [5.74, 6) is -0.886. The van der Waals surface area contributed by atoms with Gasteiger partial charge in [-0.05, 0) is 0 Å². The maximum absolute atomic E-state index is 9.63. The van der Waals surface area contributed by atoms with Crippen molar-refractivity contribution in [3.8, 4) is 0 Å². The molecule has 0 aliphatic carbocycles. The van der Waals surface area contributed by atoms with Gasteiger partial charge in [0.15, 0.2) is 0 Å². The molecule has 0 aliphatic rings. The molecule has 0 atom stereocenters. The first-order valence-electron chi connectivity index (χ1n) is 1.25. The zero-order valence-corrected chi connectivity index (χ0v) is 9.49. The fraction of sp³-hybridized carbons (Fsp3) is 0. The Labute approximate surface area is 80.9 Å². The molecule has 4 heteroatoms. The van der Waals surface area contributed by atoms with Gasteiger partial charge in [0.1, 0.15) is 0 Å². The van der Waals surface area contributed by atoms with Crippen LogP contribution < -0.4 is 29.6 Å². The summed E-state index contributed by atoms with van der Waals surface area (Å²) < 4.78 is 0.287. The number of carboxylic acids is 1. The van der Waals surface area contributed by atoms with Crippen molar-refractivity contribution >= 4 is 31.0 Å². The Kier molecular flexibility index (Phi) is 8.23. The molecule has 0 bridgehead atoms. The SMILES string of the molecule is C=[C]([PoH])C(=O)O.[H-].[Na+]. The van der Waals surface area contributed by atoms with Crippen molar-refractivity contribution < 1.29 is 40.9 Å². The van der Waals surface area contributed by atoms with E-state index < -0.39 is 5.97 Å². The van der Waals surface area contributed by atoms with E-state index in [1.807, 2.05) is 0 Å². The Morgan fingerprint density at radius 2 is 2.00 bits per heavy atom. The smallest absolute Gasteiger partial charge is 1.00 e. The molecule has 0 saturated carbocycles. The Hall–Kier alpha value is 1.11. The number of aliphatic carboxylic acids is 1. The molecule has 0 rings (SSSR count). The minimum absolute atomic E-state index is 0. The van der Waals surface area contributed by atoms with Crippen LogP contribution in [-0.2, 0) is 4.79 Å². The van der Waals surface area contributed by atoms with Gasteiger partial charge in [0, 0.05) is 0 Å². The van der Waals surface area contributed by atoms with Crippen molar-refractivity contribution in [1.29, 1.82) is 0 Å². The summed E-state index contributed by atoms with van der Waals surface area (Å²) in [4.78, 5) is 9.63. The number of rotatable bonds is 1. The molecule has 0 amide bonds. The predicted octanol–water partition coefficient (Wildman–Crippen LogP) is -3.40. The number of hydrogen-bond acceptors (Lipinski definition) is 1. The zero-order valence-electron chi connectivity index (χ0n) is 5.01. The second-order valence-electron chi connectivity index (χ2n) is 0.752. The van der Waals surface area contributed by atoms with E-state index in [1.165, 1.54) is 0 Å². The van der Waals surface area contributed by atoms with E-state index in [0.717, 1.165) is 25.1 Å². The van der Waals surface area contributed by atoms with Gasteiger partial charge in [-0.3, -0.25) is 0 Å². The van der Waals surface area contributed by atoms with Crippen LogP contribution in [0.25, 0.3) is 0 Å². The molecule has 0 aromatic rings. The molecule has 2 nitrogen and oxygen atoms in total. The number of hydrogen-bond donors (Lipinski definition) is 1. The van der Waals surface area contributed by atoms with Gasteiger partial charge < -0.3 is 1.43 Å². The molecule has 1 N–H and O–H groups in total. The third kappa shape index (κ3) is 7.11. The molecular formula is C3H5NaO2Po. The summed E-state index contributed by atoms with van der Waals surface area (Å²) >= 11 is 0.737. The van der Waals surface area contributed by atoms with Gasteiger partial charge in [-0.25, -0.2) is 0 Å². The first-order valence-corrected chi connectivity index (χ1v) is 2.99. The van der Waals surface area contributed by atoms with Crippen LogP contribution in [0.4, 0.5) is 0 Å². The third-order valence-corrected chi connectivity index (χ3v) is 0.990. The first kappa shape index (κ1) is 11.0.